The maximum Gasteiger partial charge on any atom is 0.248 e. The van der Waals surface area contributed by atoms with Crippen LogP contribution in [0.5, 0.6) is 5.75 Å². The van der Waals surface area contributed by atoms with Crippen molar-refractivity contribution in [1.29, 1.82) is 0 Å². The van der Waals surface area contributed by atoms with E-state index in [9.17, 15) is 4.79 Å². The Balaban J connectivity index is 2.04. The summed E-state index contributed by atoms with van der Waals surface area (Å²) in [6.07, 6.45) is 0. The number of carbonyl (C=O) groups is 1. The normalized spacial score (nSPS) is 10.1. The monoisotopic (exact) mass is 290 g/mol. The van der Waals surface area contributed by atoms with Gasteiger partial charge in [-0.1, -0.05) is 17.7 Å². The van der Waals surface area contributed by atoms with Crippen LogP contribution in [0.15, 0.2) is 42.5 Å². The van der Waals surface area contributed by atoms with E-state index in [1.165, 1.54) is 0 Å². The predicted octanol–water partition coefficient (Wildman–Crippen LogP) is 3.06. The van der Waals surface area contributed by atoms with Gasteiger partial charge in [0.2, 0.25) is 5.91 Å². The summed E-state index contributed by atoms with van der Waals surface area (Å²) in [6.45, 7) is 0.560. The molecule has 0 aliphatic rings. The lowest BCUT2D eigenvalue weighted by Crippen LogP contribution is -2.11. The van der Waals surface area contributed by atoms with Crippen molar-refractivity contribution in [1.82, 2.24) is 0 Å². The van der Waals surface area contributed by atoms with Gasteiger partial charge in [0.15, 0.2) is 0 Å². The van der Waals surface area contributed by atoms with Gasteiger partial charge >= 0.3 is 0 Å². The van der Waals surface area contributed by atoms with Crippen LogP contribution in [-0.4, -0.2) is 13.0 Å². The highest BCUT2D eigenvalue weighted by Gasteiger charge is 2.05. The standard InChI is InChI=1S/C15H15ClN2O2/c1-20-13-6-4-12(5-7-13)18-9-11-3-2-10(15(17)19)8-14(11)16/h2-8,18H,9H2,1H3,(H2,17,19). The first-order valence-corrected chi connectivity index (χ1v) is 6.44. The van der Waals surface area contributed by atoms with E-state index in [1.807, 2.05) is 24.3 Å². The third-order valence-corrected chi connectivity index (χ3v) is 3.26. The molecule has 104 valence electrons. The molecule has 0 spiro atoms. The van der Waals surface area contributed by atoms with Gasteiger partial charge < -0.3 is 15.8 Å². The number of nitrogens with two attached hydrogens (primary N) is 1. The van der Waals surface area contributed by atoms with Gasteiger partial charge in [0.1, 0.15) is 5.75 Å². The summed E-state index contributed by atoms with van der Waals surface area (Å²) >= 11 is 6.12. The lowest BCUT2D eigenvalue weighted by molar-refractivity contribution is 0.100. The second-order valence-electron chi connectivity index (χ2n) is 4.25. The molecule has 0 bridgehead atoms. The molecule has 20 heavy (non-hydrogen) atoms. The van der Waals surface area contributed by atoms with Crippen LogP contribution in [0.4, 0.5) is 5.69 Å². The summed E-state index contributed by atoms with van der Waals surface area (Å²) in [5, 5.41) is 3.76. The van der Waals surface area contributed by atoms with Crippen molar-refractivity contribution < 1.29 is 9.53 Å². The maximum atomic E-state index is 11.0. The van der Waals surface area contributed by atoms with Gasteiger partial charge in [-0.05, 0) is 42.0 Å². The van der Waals surface area contributed by atoms with Gasteiger partial charge in [0.05, 0.1) is 7.11 Å². The van der Waals surface area contributed by atoms with Crippen LogP contribution in [-0.2, 0) is 6.54 Å². The number of hydrogen-bond donors (Lipinski definition) is 2. The quantitative estimate of drug-likeness (QED) is 0.889. The molecule has 2 rings (SSSR count). The van der Waals surface area contributed by atoms with Crippen LogP contribution in [0.2, 0.25) is 5.02 Å². The summed E-state index contributed by atoms with van der Waals surface area (Å²) in [7, 11) is 1.63. The number of nitrogens with one attached hydrogen (secondary N) is 1. The summed E-state index contributed by atoms with van der Waals surface area (Å²) in [5.41, 5.74) is 7.46. The predicted molar refractivity (Wildman–Crippen MR) is 80.3 cm³/mol. The molecule has 0 fully saturated rings. The van der Waals surface area contributed by atoms with Crippen molar-refractivity contribution in [2.24, 2.45) is 5.73 Å². The molecule has 2 aromatic carbocycles. The Kier molecular flexibility index (Phi) is 4.48. The molecule has 2 aromatic rings. The van der Waals surface area contributed by atoms with E-state index in [-0.39, 0.29) is 0 Å². The number of amides is 1. The molecule has 0 unspecified atom stereocenters. The van der Waals surface area contributed by atoms with Crippen molar-refractivity contribution >= 4 is 23.2 Å². The summed E-state index contributed by atoms with van der Waals surface area (Å²) in [6, 6.07) is 12.6. The zero-order valence-electron chi connectivity index (χ0n) is 11.0. The van der Waals surface area contributed by atoms with Crippen molar-refractivity contribution in [2.75, 3.05) is 12.4 Å². The number of halogens is 1. The summed E-state index contributed by atoms with van der Waals surface area (Å²) in [5.74, 6) is 0.320. The Morgan fingerprint density at radius 3 is 2.50 bits per heavy atom. The highest BCUT2D eigenvalue weighted by atomic mass is 35.5. The smallest absolute Gasteiger partial charge is 0.248 e. The molecule has 0 saturated heterocycles. The van der Waals surface area contributed by atoms with E-state index >= 15 is 0 Å². The van der Waals surface area contributed by atoms with Crippen molar-refractivity contribution in [3.8, 4) is 5.75 Å². The van der Waals surface area contributed by atoms with Gasteiger partial charge in [0, 0.05) is 22.8 Å². The molecule has 0 aliphatic carbocycles. The van der Waals surface area contributed by atoms with E-state index in [0.29, 0.717) is 17.1 Å². The first kappa shape index (κ1) is 14.2. The Hall–Kier alpha value is -2.20. The van der Waals surface area contributed by atoms with Crippen molar-refractivity contribution in [3.63, 3.8) is 0 Å². The fraction of sp³-hybridized carbons (Fsp3) is 0.133. The van der Waals surface area contributed by atoms with Gasteiger partial charge in [-0.15, -0.1) is 0 Å². The highest BCUT2D eigenvalue weighted by Crippen LogP contribution is 2.20. The number of anilines is 1. The molecule has 0 heterocycles. The van der Waals surface area contributed by atoms with E-state index in [1.54, 1.807) is 25.3 Å². The number of benzene rings is 2. The van der Waals surface area contributed by atoms with Crippen LogP contribution in [0.1, 0.15) is 15.9 Å². The molecule has 0 aromatic heterocycles. The highest BCUT2D eigenvalue weighted by molar-refractivity contribution is 6.31. The van der Waals surface area contributed by atoms with E-state index in [2.05, 4.69) is 5.32 Å². The van der Waals surface area contributed by atoms with Gasteiger partial charge in [-0.25, -0.2) is 0 Å². The molecule has 5 heteroatoms. The van der Waals surface area contributed by atoms with Gasteiger partial charge in [-0.2, -0.15) is 0 Å². The number of rotatable bonds is 5. The summed E-state index contributed by atoms with van der Waals surface area (Å²) < 4.78 is 5.09. The molecule has 0 saturated carbocycles. The first-order valence-electron chi connectivity index (χ1n) is 6.06. The molecule has 4 nitrogen and oxygen atoms in total. The van der Waals surface area contributed by atoms with Crippen molar-refractivity contribution in [3.05, 3.63) is 58.6 Å². The molecule has 0 radical (unpaired) electrons. The van der Waals surface area contributed by atoms with Crippen LogP contribution in [0.25, 0.3) is 0 Å². The molecule has 3 N–H and O–H groups in total. The zero-order valence-corrected chi connectivity index (χ0v) is 11.8. The van der Waals surface area contributed by atoms with Crippen LogP contribution >= 0.6 is 11.6 Å². The molecule has 1 amide bonds. The number of primary amides is 1. The Morgan fingerprint density at radius 2 is 1.95 bits per heavy atom. The topological polar surface area (TPSA) is 64.3 Å². The average molecular weight is 291 g/mol. The second kappa shape index (κ2) is 6.30. The van der Waals surface area contributed by atoms with E-state index in [4.69, 9.17) is 22.1 Å². The summed E-state index contributed by atoms with van der Waals surface area (Å²) in [4.78, 5) is 11.0. The van der Waals surface area contributed by atoms with Gasteiger partial charge in [-0.3, -0.25) is 4.79 Å². The zero-order chi connectivity index (χ0) is 14.5. The molecule has 0 aliphatic heterocycles. The largest absolute Gasteiger partial charge is 0.497 e. The third-order valence-electron chi connectivity index (χ3n) is 2.91. The maximum absolute atomic E-state index is 11.0. The molecular formula is C15H15ClN2O2. The first-order chi connectivity index (χ1) is 9.60. The fourth-order valence-electron chi connectivity index (χ4n) is 1.75. The van der Waals surface area contributed by atoms with E-state index in [0.717, 1.165) is 17.0 Å². The Bertz CT molecular complexity index is 612. The number of hydrogen-bond acceptors (Lipinski definition) is 3. The Morgan fingerprint density at radius 1 is 1.25 bits per heavy atom. The SMILES string of the molecule is COc1ccc(NCc2ccc(C(N)=O)cc2Cl)cc1. The number of methoxy groups -OCH3 is 1. The van der Waals surface area contributed by atoms with Crippen LogP contribution in [0, 0.1) is 0 Å². The van der Waals surface area contributed by atoms with Crippen molar-refractivity contribution in [2.45, 2.75) is 6.54 Å². The molecule has 0 atom stereocenters. The minimum absolute atomic E-state index is 0.406. The van der Waals surface area contributed by atoms with Gasteiger partial charge in [0.25, 0.3) is 0 Å². The minimum Gasteiger partial charge on any atom is -0.497 e. The lowest BCUT2D eigenvalue weighted by Gasteiger charge is -2.09. The second-order valence-corrected chi connectivity index (χ2v) is 4.66. The Labute approximate surface area is 122 Å². The van der Waals surface area contributed by atoms with E-state index < -0.39 is 5.91 Å². The minimum atomic E-state index is -0.485. The number of ether oxygens (including phenoxy) is 1. The van der Waals surface area contributed by atoms with Crippen LogP contribution < -0.4 is 15.8 Å². The fourth-order valence-corrected chi connectivity index (χ4v) is 2.00. The molecular weight excluding hydrogens is 276 g/mol. The lowest BCUT2D eigenvalue weighted by atomic mass is 10.1. The average Bonchev–Trinajstić information content (AvgIpc) is 2.46. The number of carbonyl (C=O) groups excluding carboxylic acids is 1. The van der Waals surface area contributed by atoms with Crippen LogP contribution in [0.3, 0.4) is 0 Å². The third kappa shape index (κ3) is 3.42.